The number of dihydropyridines is 1. The van der Waals surface area contributed by atoms with Crippen molar-refractivity contribution in [2.24, 2.45) is 11.7 Å². The summed E-state index contributed by atoms with van der Waals surface area (Å²) in [5.41, 5.74) is 12.4. The first-order chi connectivity index (χ1) is 16.1. The molecule has 0 aliphatic carbocycles. The minimum absolute atomic E-state index is 0.575. The molecule has 0 atom stereocenters. The van der Waals surface area contributed by atoms with Crippen LogP contribution in [0.15, 0.2) is 96.9 Å². The predicted molar refractivity (Wildman–Crippen MR) is 138 cm³/mol. The maximum Gasteiger partial charge on any atom is 0.0784 e. The summed E-state index contributed by atoms with van der Waals surface area (Å²) in [6.07, 6.45) is 20.0. The van der Waals surface area contributed by atoms with E-state index < -0.39 is 0 Å². The van der Waals surface area contributed by atoms with Crippen molar-refractivity contribution in [3.05, 3.63) is 108 Å². The zero-order chi connectivity index (χ0) is 23.6. The Kier molecular flexibility index (Phi) is 8.47. The fraction of sp³-hybridized carbons (Fsp3) is 0.259. The predicted octanol–water partition coefficient (Wildman–Crippen LogP) is 4.36. The highest BCUT2D eigenvalue weighted by atomic mass is 15.2. The number of nitrogens with one attached hydrogen (secondary N) is 3. The quantitative estimate of drug-likeness (QED) is 0.302. The Morgan fingerprint density at radius 2 is 2.21 bits per heavy atom. The first-order valence-electron chi connectivity index (χ1n) is 11.3. The number of pyridine rings is 1. The molecule has 0 saturated carbocycles. The molecular formula is C27H34N6. The second-order valence-electron chi connectivity index (χ2n) is 8.18. The van der Waals surface area contributed by atoms with E-state index in [9.17, 15) is 0 Å². The van der Waals surface area contributed by atoms with E-state index in [4.69, 9.17) is 11.1 Å². The summed E-state index contributed by atoms with van der Waals surface area (Å²) in [4.78, 5) is 6.74. The van der Waals surface area contributed by atoms with Crippen LogP contribution in [0.1, 0.15) is 31.0 Å². The number of allylic oxidation sites excluding steroid dienone is 7. The van der Waals surface area contributed by atoms with Crippen molar-refractivity contribution in [3.63, 3.8) is 0 Å². The summed E-state index contributed by atoms with van der Waals surface area (Å²) in [7, 11) is 0. The lowest BCUT2D eigenvalue weighted by Crippen LogP contribution is -2.47. The van der Waals surface area contributed by atoms with Crippen molar-refractivity contribution in [2.75, 3.05) is 13.1 Å². The van der Waals surface area contributed by atoms with Crippen LogP contribution in [0.4, 0.5) is 0 Å². The Hall–Kier alpha value is -3.80. The van der Waals surface area contributed by atoms with E-state index in [0.717, 1.165) is 66.1 Å². The second-order valence-corrected chi connectivity index (χ2v) is 8.18. The van der Waals surface area contributed by atoms with Crippen LogP contribution in [0.25, 0.3) is 5.70 Å². The lowest BCUT2D eigenvalue weighted by atomic mass is 9.92. The molecule has 2 aliphatic rings. The summed E-state index contributed by atoms with van der Waals surface area (Å²) >= 11 is 0. The molecule has 0 spiro atoms. The molecule has 172 valence electrons. The Morgan fingerprint density at radius 1 is 1.39 bits per heavy atom. The van der Waals surface area contributed by atoms with Crippen LogP contribution in [-0.4, -0.2) is 29.2 Å². The highest BCUT2D eigenvalue weighted by Crippen LogP contribution is 2.27. The van der Waals surface area contributed by atoms with E-state index in [0.29, 0.717) is 11.6 Å². The first-order valence-corrected chi connectivity index (χ1v) is 11.3. The monoisotopic (exact) mass is 442 g/mol. The molecule has 2 aliphatic heterocycles. The van der Waals surface area contributed by atoms with E-state index >= 15 is 0 Å². The molecular weight excluding hydrogens is 408 g/mol. The van der Waals surface area contributed by atoms with Crippen LogP contribution >= 0.6 is 0 Å². The maximum absolute atomic E-state index is 7.94. The van der Waals surface area contributed by atoms with Crippen LogP contribution in [0.2, 0.25) is 0 Å². The maximum atomic E-state index is 7.94. The normalized spacial score (nSPS) is 17.8. The van der Waals surface area contributed by atoms with Crippen LogP contribution in [0, 0.1) is 11.3 Å². The van der Waals surface area contributed by atoms with Gasteiger partial charge in [0.2, 0.25) is 0 Å². The van der Waals surface area contributed by atoms with Crippen LogP contribution < -0.4 is 16.4 Å². The Morgan fingerprint density at radius 3 is 2.85 bits per heavy atom. The minimum atomic E-state index is 0.575. The number of aryl methyl sites for hydroxylation is 1. The summed E-state index contributed by atoms with van der Waals surface area (Å²) in [5, 5.41) is 14.3. The third-order valence-electron chi connectivity index (χ3n) is 5.82. The van der Waals surface area contributed by atoms with Gasteiger partial charge in [0.05, 0.1) is 11.4 Å². The number of hydrogen-bond donors (Lipinski definition) is 4. The Balaban J connectivity index is 1.54. The Bertz CT molecular complexity index is 1030. The molecule has 1 saturated heterocycles. The molecule has 0 aromatic carbocycles. The molecule has 0 radical (unpaired) electrons. The number of rotatable bonds is 11. The molecule has 6 heteroatoms. The lowest BCUT2D eigenvalue weighted by molar-refractivity contribution is 0.140. The van der Waals surface area contributed by atoms with Gasteiger partial charge >= 0.3 is 0 Å². The van der Waals surface area contributed by atoms with Gasteiger partial charge in [-0.1, -0.05) is 31.4 Å². The van der Waals surface area contributed by atoms with Gasteiger partial charge in [-0.05, 0) is 67.7 Å². The molecule has 0 amide bonds. The fourth-order valence-corrected chi connectivity index (χ4v) is 4.10. The summed E-state index contributed by atoms with van der Waals surface area (Å²) in [6.45, 7) is 11.5. The van der Waals surface area contributed by atoms with Crippen molar-refractivity contribution >= 4 is 11.9 Å². The SMILES string of the molecule is C=CN/C=C(\C=C/C)C1=CN/C(=C(\C=N)N2CC(CCCc3ncccc3C(=C)N)C2)C=C1. The standard InChI is InChI=1S/C27H34N6/c1-4-8-22(16-30-5-2)23-12-13-26(32-17-23)27(15-28)33-18-21(19-33)9-6-11-25-24(20(3)29)10-7-14-31-25/h4-5,7-8,10,12-17,21,28,30,32H,2-3,6,9,11,18-19,29H2,1H3/b8-4-,22-16+,27-26+,28-15?. The lowest BCUT2D eigenvalue weighted by Gasteiger charge is -2.42. The largest absolute Gasteiger partial charge is 0.399 e. The van der Waals surface area contributed by atoms with Crippen molar-refractivity contribution in [2.45, 2.75) is 26.2 Å². The topological polar surface area (TPSA) is 90.1 Å². The third-order valence-corrected chi connectivity index (χ3v) is 5.82. The van der Waals surface area contributed by atoms with E-state index in [1.807, 2.05) is 55.9 Å². The molecule has 1 fully saturated rings. The highest BCUT2D eigenvalue weighted by molar-refractivity contribution is 5.77. The van der Waals surface area contributed by atoms with E-state index in [1.165, 1.54) is 6.21 Å². The number of hydrogen-bond acceptors (Lipinski definition) is 6. The number of nitrogens with two attached hydrogens (primary N) is 1. The van der Waals surface area contributed by atoms with Gasteiger partial charge in [-0.15, -0.1) is 0 Å². The second kappa shape index (κ2) is 11.7. The van der Waals surface area contributed by atoms with Crippen LogP contribution in [-0.2, 0) is 6.42 Å². The summed E-state index contributed by atoms with van der Waals surface area (Å²) < 4.78 is 0. The van der Waals surface area contributed by atoms with Crippen LogP contribution in [0.5, 0.6) is 0 Å². The van der Waals surface area contributed by atoms with E-state index in [2.05, 4.69) is 39.8 Å². The summed E-state index contributed by atoms with van der Waals surface area (Å²) in [6, 6.07) is 3.88. The van der Waals surface area contributed by atoms with Gasteiger partial charge in [-0.25, -0.2) is 0 Å². The van der Waals surface area contributed by atoms with Crippen molar-refractivity contribution in [1.82, 2.24) is 20.5 Å². The van der Waals surface area contributed by atoms with Crippen molar-refractivity contribution < 1.29 is 0 Å². The summed E-state index contributed by atoms with van der Waals surface area (Å²) in [5.74, 6) is 0.627. The van der Waals surface area contributed by atoms with Crippen molar-refractivity contribution in [3.8, 4) is 0 Å². The number of likely N-dealkylation sites (tertiary alicyclic amines) is 1. The Labute approximate surface area is 197 Å². The molecule has 1 aromatic rings. The van der Waals surface area contributed by atoms with Gasteiger partial charge in [0.15, 0.2) is 0 Å². The molecule has 33 heavy (non-hydrogen) atoms. The zero-order valence-electron chi connectivity index (χ0n) is 19.3. The van der Waals surface area contributed by atoms with Gasteiger partial charge in [-0.3, -0.25) is 4.98 Å². The zero-order valence-corrected chi connectivity index (χ0v) is 19.3. The average molecular weight is 443 g/mol. The molecule has 3 rings (SSSR count). The molecule has 0 bridgehead atoms. The van der Waals surface area contributed by atoms with Gasteiger partial charge < -0.3 is 26.7 Å². The van der Waals surface area contributed by atoms with Gasteiger partial charge in [0.25, 0.3) is 0 Å². The molecule has 0 unspecified atom stereocenters. The molecule has 6 nitrogen and oxygen atoms in total. The highest BCUT2D eigenvalue weighted by Gasteiger charge is 2.28. The van der Waals surface area contributed by atoms with Gasteiger partial charge in [0, 0.05) is 54.9 Å². The van der Waals surface area contributed by atoms with Crippen molar-refractivity contribution in [1.29, 1.82) is 5.41 Å². The minimum Gasteiger partial charge on any atom is -0.399 e. The average Bonchev–Trinajstić information content (AvgIpc) is 2.80. The van der Waals surface area contributed by atoms with Crippen LogP contribution in [0.3, 0.4) is 0 Å². The van der Waals surface area contributed by atoms with Gasteiger partial charge in [-0.2, -0.15) is 0 Å². The number of aromatic nitrogens is 1. The third kappa shape index (κ3) is 6.13. The number of nitrogens with zero attached hydrogens (tertiary/aromatic N) is 2. The first kappa shape index (κ1) is 23.9. The van der Waals surface area contributed by atoms with E-state index in [1.54, 1.807) is 6.20 Å². The molecule has 1 aromatic heterocycles. The molecule has 5 N–H and O–H groups in total. The molecule has 3 heterocycles. The van der Waals surface area contributed by atoms with E-state index in [-0.39, 0.29) is 0 Å². The van der Waals surface area contributed by atoms with Gasteiger partial charge in [0.1, 0.15) is 0 Å². The smallest absolute Gasteiger partial charge is 0.0784 e. The fourth-order valence-electron chi connectivity index (χ4n) is 4.10.